The molecule has 1 saturated heterocycles. The molecule has 1 fully saturated rings. The van der Waals surface area contributed by atoms with Gasteiger partial charge in [-0.2, -0.15) is 0 Å². The van der Waals surface area contributed by atoms with Gasteiger partial charge in [0.15, 0.2) is 0 Å². The Hall–Kier alpha value is -2.58. The molecule has 3 heterocycles. The molecule has 0 saturated carbocycles. The molecule has 6 nitrogen and oxygen atoms in total. The van der Waals surface area contributed by atoms with Gasteiger partial charge in [0.25, 0.3) is 0 Å². The van der Waals surface area contributed by atoms with E-state index in [2.05, 4.69) is 29.9 Å². The van der Waals surface area contributed by atoms with Crippen LogP contribution >= 0.6 is 0 Å². The molecule has 0 amide bonds. The van der Waals surface area contributed by atoms with E-state index in [0.29, 0.717) is 5.82 Å². The summed E-state index contributed by atoms with van der Waals surface area (Å²) in [6.07, 6.45) is -1.88. The third-order valence-corrected chi connectivity index (χ3v) is 4.09. The van der Waals surface area contributed by atoms with Gasteiger partial charge >= 0.3 is 6.36 Å². The number of nitrogens with zero attached hydrogens (tertiary/aromatic N) is 4. The van der Waals surface area contributed by atoms with E-state index in [1.165, 1.54) is 12.1 Å². The highest BCUT2D eigenvalue weighted by molar-refractivity contribution is 5.42. The van der Waals surface area contributed by atoms with Crippen molar-refractivity contribution in [3.8, 4) is 5.75 Å². The lowest BCUT2D eigenvalue weighted by molar-refractivity contribution is -0.274. The van der Waals surface area contributed by atoms with Crippen molar-refractivity contribution >= 4 is 11.6 Å². The number of nitrogens with one attached hydrogen (secondary N) is 1. The van der Waals surface area contributed by atoms with Crippen LogP contribution in [0, 0.1) is 13.8 Å². The van der Waals surface area contributed by atoms with Gasteiger partial charge < -0.3 is 15.0 Å². The molecule has 1 aliphatic heterocycles. The van der Waals surface area contributed by atoms with Crippen LogP contribution in [0.1, 0.15) is 24.4 Å². The number of ether oxygens (including phenoxy) is 1. The zero-order valence-corrected chi connectivity index (χ0v) is 14.5. The summed E-state index contributed by atoms with van der Waals surface area (Å²) < 4.78 is 40.3. The van der Waals surface area contributed by atoms with Crippen LogP contribution in [0.25, 0.3) is 0 Å². The van der Waals surface area contributed by atoms with Crippen molar-refractivity contribution < 1.29 is 17.9 Å². The van der Waals surface area contributed by atoms with Crippen molar-refractivity contribution in [1.29, 1.82) is 0 Å². The van der Waals surface area contributed by atoms with E-state index < -0.39 is 6.36 Å². The lowest BCUT2D eigenvalue weighted by Crippen LogP contribution is -2.39. The summed E-state index contributed by atoms with van der Waals surface area (Å²) in [5.74, 6) is 1.89. The minimum absolute atomic E-state index is 0.206. The molecule has 0 aliphatic carbocycles. The molecule has 0 radical (unpaired) electrons. The Morgan fingerprint density at radius 3 is 2.46 bits per heavy atom. The Bertz CT molecular complexity index is 723. The number of hydrogen-bond donors (Lipinski definition) is 1. The number of hydrogen-bond acceptors (Lipinski definition) is 6. The molecule has 2 aromatic rings. The third-order valence-electron chi connectivity index (χ3n) is 4.09. The van der Waals surface area contributed by atoms with E-state index in [0.717, 1.165) is 49.5 Å². The lowest BCUT2D eigenvalue weighted by atomic mass is 10.0. The quantitative estimate of drug-likeness (QED) is 0.893. The summed E-state index contributed by atoms with van der Waals surface area (Å²) in [5, 5.41) is 3.26. The van der Waals surface area contributed by atoms with Gasteiger partial charge in [-0.05, 0) is 38.8 Å². The largest absolute Gasteiger partial charge is 0.573 e. The minimum Gasteiger partial charge on any atom is -0.404 e. The molecule has 0 spiro atoms. The van der Waals surface area contributed by atoms with Crippen LogP contribution in [0.5, 0.6) is 5.75 Å². The predicted molar refractivity (Wildman–Crippen MR) is 91.3 cm³/mol. The average Bonchev–Trinajstić information content (AvgIpc) is 2.55. The maximum atomic E-state index is 12.2. The standard InChI is InChI=1S/C17H20F3N5O/c1-11-9-16(23-12(2)22-11)25-7-5-13(6-8-25)24-15-4-3-14(10-21-15)26-17(18,19)20/h3-4,9-10,13H,5-8H2,1-2H3,(H,21,24). The second-order valence-electron chi connectivity index (χ2n) is 6.25. The molecule has 0 aromatic carbocycles. The average molecular weight is 367 g/mol. The summed E-state index contributed by atoms with van der Waals surface area (Å²) in [5.41, 5.74) is 0.943. The topological polar surface area (TPSA) is 63.2 Å². The summed E-state index contributed by atoms with van der Waals surface area (Å²) >= 11 is 0. The monoisotopic (exact) mass is 367 g/mol. The predicted octanol–water partition coefficient (Wildman–Crippen LogP) is 3.47. The van der Waals surface area contributed by atoms with Crippen LogP contribution in [0.3, 0.4) is 0 Å². The summed E-state index contributed by atoms with van der Waals surface area (Å²) in [6.45, 7) is 5.50. The Morgan fingerprint density at radius 2 is 1.88 bits per heavy atom. The zero-order valence-electron chi connectivity index (χ0n) is 14.5. The first kappa shape index (κ1) is 18.2. The van der Waals surface area contributed by atoms with E-state index in [1.54, 1.807) is 0 Å². The van der Waals surface area contributed by atoms with Gasteiger partial charge in [0.05, 0.1) is 6.20 Å². The van der Waals surface area contributed by atoms with Crippen LogP contribution in [-0.2, 0) is 0 Å². The maximum Gasteiger partial charge on any atom is 0.573 e. The van der Waals surface area contributed by atoms with Gasteiger partial charge in [-0.3, -0.25) is 0 Å². The van der Waals surface area contributed by atoms with E-state index >= 15 is 0 Å². The molecular weight excluding hydrogens is 347 g/mol. The number of rotatable bonds is 4. The molecule has 0 unspecified atom stereocenters. The third kappa shape index (κ3) is 4.96. The number of pyridine rings is 1. The van der Waals surface area contributed by atoms with Crippen LogP contribution in [0.4, 0.5) is 24.8 Å². The molecular formula is C17H20F3N5O. The van der Waals surface area contributed by atoms with Crippen LogP contribution in [-0.4, -0.2) is 40.4 Å². The number of aryl methyl sites for hydroxylation is 2. The Balaban J connectivity index is 1.54. The van der Waals surface area contributed by atoms with Crippen LogP contribution in [0.15, 0.2) is 24.4 Å². The molecule has 26 heavy (non-hydrogen) atoms. The normalized spacial score (nSPS) is 15.8. The summed E-state index contributed by atoms with van der Waals surface area (Å²) in [4.78, 5) is 15.0. The fraction of sp³-hybridized carbons (Fsp3) is 0.471. The van der Waals surface area contributed by atoms with Crippen molar-refractivity contribution in [2.24, 2.45) is 0 Å². The van der Waals surface area contributed by atoms with Gasteiger partial charge in [0, 0.05) is 30.9 Å². The smallest absolute Gasteiger partial charge is 0.404 e. The molecule has 9 heteroatoms. The van der Waals surface area contributed by atoms with Crippen molar-refractivity contribution in [3.63, 3.8) is 0 Å². The van der Waals surface area contributed by atoms with E-state index in [4.69, 9.17) is 0 Å². The Morgan fingerprint density at radius 1 is 1.15 bits per heavy atom. The van der Waals surface area contributed by atoms with Crippen molar-refractivity contribution in [3.05, 3.63) is 35.9 Å². The van der Waals surface area contributed by atoms with Gasteiger partial charge in [-0.1, -0.05) is 0 Å². The molecule has 0 bridgehead atoms. The number of halogens is 3. The molecule has 1 aliphatic rings. The highest BCUT2D eigenvalue weighted by atomic mass is 19.4. The van der Waals surface area contributed by atoms with Gasteiger partial charge in [-0.15, -0.1) is 13.2 Å². The number of aromatic nitrogens is 3. The molecule has 0 atom stereocenters. The fourth-order valence-electron chi connectivity index (χ4n) is 2.98. The SMILES string of the molecule is Cc1cc(N2CCC(Nc3ccc(OC(F)(F)F)cn3)CC2)nc(C)n1. The van der Waals surface area contributed by atoms with E-state index in [9.17, 15) is 13.2 Å². The van der Waals surface area contributed by atoms with E-state index in [1.807, 2.05) is 19.9 Å². The van der Waals surface area contributed by atoms with Crippen molar-refractivity contribution in [1.82, 2.24) is 15.0 Å². The molecule has 140 valence electrons. The van der Waals surface area contributed by atoms with Crippen LogP contribution in [0.2, 0.25) is 0 Å². The molecule has 1 N–H and O–H groups in total. The Kier molecular flexibility index (Phi) is 5.15. The minimum atomic E-state index is -4.71. The Labute approximate surface area is 149 Å². The van der Waals surface area contributed by atoms with Crippen molar-refractivity contribution in [2.45, 2.75) is 39.1 Å². The molecule has 2 aromatic heterocycles. The lowest BCUT2D eigenvalue weighted by Gasteiger charge is -2.33. The summed E-state index contributed by atoms with van der Waals surface area (Å²) in [6, 6.07) is 4.92. The molecule has 3 rings (SSSR count). The van der Waals surface area contributed by atoms with Gasteiger partial charge in [0.2, 0.25) is 0 Å². The number of anilines is 2. The number of alkyl halides is 3. The van der Waals surface area contributed by atoms with E-state index in [-0.39, 0.29) is 11.8 Å². The first-order chi connectivity index (χ1) is 12.3. The van der Waals surface area contributed by atoms with Gasteiger partial charge in [0.1, 0.15) is 23.2 Å². The fourth-order valence-corrected chi connectivity index (χ4v) is 2.98. The second-order valence-corrected chi connectivity index (χ2v) is 6.25. The van der Waals surface area contributed by atoms with Crippen molar-refractivity contribution in [2.75, 3.05) is 23.3 Å². The summed E-state index contributed by atoms with van der Waals surface area (Å²) in [7, 11) is 0. The highest BCUT2D eigenvalue weighted by Gasteiger charge is 2.31. The van der Waals surface area contributed by atoms with Crippen LogP contribution < -0.4 is 15.0 Å². The maximum absolute atomic E-state index is 12.2. The zero-order chi connectivity index (χ0) is 18.7. The first-order valence-electron chi connectivity index (χ1n) is 8.34. The highest BCUT2D eigenvalue weighted by Crippen LogP contribution is 2.24. The first-order valence-corrected chi connectivity index (χ1v) is 8.34. The van der Waals surface area contributed by atoms with Gasteiger partial charge in [-0.25, -0.2) is 15.0 Å². The second kappa shape index (κ2) is 7.35. The number of piperidine rings is 1.